The van der Waals surface area contributed by atoms with Gasteiger partial charge in [0, 0.05) is 6.54 Å². The van der Waals surface area contributed by atoms with Gasteiger partial charge in [0.05, 0.1) is 17.4 Å². The molecule has 0 saturated heterocycles. The van der Waals surface area contributed by atoms with Gasteiger partial charge in [0.2, 0.25) is 10.0 Å². The van der Waals surface area contributed by atoms with E-state index in [1.54, 1.807) is 12.1 Å². The molecule has 2 rings (SSSR count). The summed E-state index contributed by atoms with van der Waals surface area (Å²) in [6.45, 7) is -0.0727. The van der Waals surface area contributed by atoms with Gasteiger partial charge in [-0.15, -0.1) is 0 Å². The second kappa shape index (κ2) is 6.03. The summed E-state index contributed by atoms with van der Waals surface area (Å²) in [7, 11) is -2.21. The number of rotatable bonds is 6. The van der Waals surface area contributed by atoms with Crippen LogP contribution in [0, 0.1) is 5.41 Å². The number of hydrogen-bond acceptors (Lipinski definition) is 4. The first kappa shape index (κ1) is 15.8. The van der Waals surface area contributed by atoms with E-state index in [9.17, 15) is 18.3 Å². The third-order valence-electron chi connectivity index (χ3n) is 3.98. The summed E-state index contributed by atoms with van der Waals surface area (Å²) in [4.78, 5) is 11.5. The van der Waals surface area contributed by atoms with E-state index in [-0.39, 0.29) is 11.4 Å². The number of aliphatic carboxylic acids is 1. The quantitative estimate of drug-likeness (QED) is 0.832. The van der Waals surface area contributed by atoms with Gasteiger partial charge in [0.25, 0.3) is 0 Å². The highest BCUT2D eigenvalue weighted by atomic mass is 32.2. The van der Waals surface area contributed by atoms with Crippen molar-refractivity contribution >= 4 is 16.0 Å². The van der Waals surface area contributed by atoms with Crippen molar-refractivity contribution in [2.75, 3.05) is 13.7 Å². The molecular weight excluding hydrogens is 294 g/mol. The van der Waals surface area contributed by atoms with Crippen LogP contribution in [0.3, 0.4) is 0 Å². The Morgan fingerprint density at radius 3 is 2.33 bits per heavy atom. The van der Waals surface area contributed by atoms with E-state index in [1.807, 2.05) is 0 Å². The molecule has 2 N–H and O–H groups in total. The minimum atomic E-state index is -3.71. The highest BCUT2D eigenvalue weighted by Gasteiger charge is 2.42. The van der Waals surface area contributed by atoms with Crippen molar-refractivity contribution in [3.05, 3.63) is 24.3 Å². The lowest BCUT2D eigenvalue weighted by molar-refractivity contribution is -0.148. The molecule has 1 aromatic carbocycles. The maximum Gasteiger partial charge on any atom is 0.310 e. The predicted molar refractivity (Wildman–Crippen MR) is 76.7 cm³/mol. The van der Waals surface area contributed by atoms with Gasteiger partial charge in [0.1, 0.15) is 5.75 Å². The first-order valence-corrected chi connectivity index (χ1v) is 8.25. The second-order valence-electron chi connectivity index (χ2n) is 5.29. The van der Waals surface area contributed by atoms with E-state index in [0.717, 1.165) is 12.8 Å². The van der Waals surface area contributed by atoms with Gasteiger partial charge in [-0.3, -0.25) is 4.79 Å². The van der Waals surface area contributed by atoms with Gasteiger partial charge in [-0.05, 0) is 37.1 Å². The molecule has 0 aliphatic heterocycles. The minimum absolute atomic E-state index is 0.0727. The van der Waals surface area contributed by atoms with Crippen LogP contribution in [0.4, 0.5) is 0 Å². The zero-order valence-corrected chi connectivity index (χ0v) is 12.6. The first-order valence-electron chi connectivity index (χ1n) is 6.77. The van der Waals surface area contributed by atoms with Crippen molar-refractivity contribution in [3.8, 4) is 5.75 Å². The first-order chi connectivity index (χ1) is 9.89. The Morgan fingerprint density at radius 2 is 1.86 bits per heavy atom. The molecule has 6 nitrogen and oxygen atoms in total. The average molecular weight is 313 g/mol. The van der Waals surface area contributed by atoms with Crippen molar-refractivity contribution in [2.24, 2.45) is 5.41 Å². The van der Waals surface area contributed by atoms with Crippen molar-refractivity contribution in [2.45, 2.75) is 30.6 Å². The van der Waals surface area contributed by atoms with Gasteiger partial charge in [-0.1, -0.05) is 12.8 Å². The Morgan fingerprint density at radius 1 is 1.29 bits per heavy atom. The SMILES string of the molecule is COc1ccc(S(=O)(=O)NCC2(C(=O)O)CCCC2)cc1. The molecule has 1 fully saturated rings. The Hall–Kier alpha value is -1.60. The number of sulfonamides is 1. The third kappa shape index (κ3) is 3.36. The lowest BCUT2D eigenvalue weighted by Gasteiger charge is -2.23. The summed E-state index contributed by atoms with van der Waals surface area (Å²) < 4.78 is 31.8. The molecule has 116 valence electrons. The number of benzene rings is 1. The lowest BCUT2D eigenvalue weighted by Crippen LogP contribution is -2.41. The van der Waals surface area contributed by atoms with E-state index in [1.165, 1.54) is 19.2 Å². The van der Waals surface area contributed by atoms with E-state index in [2.05, 4.69) is 4.72 Å². The summed E-state index contributed by atoms with van der Waals surface area (Å²) >= 11 is 0. The molecule has 21 heavy (non-hydrogen) atoms. The molecule has 0 radical (unpaired) electrons. The molecule has 1 aromatic rings. The van der Waals surface area contributed by atoms with Crippen molar-refractivity contribution in [3.63, 3.8) is 0 Å². The third-order valence-corrected chi connectivity index (χ3v) is 5.40. The predicted octanol–water partition coefficient (Wildman–Crippen LogP) is 1.62. The topological polar surface area (TPSA) is 92.7 Å². The van der Waals surface area contributed by atoms with E-state index in [0.29, 0.717) is 18.6 Å². The van der Waals surface area contributed by atoms with Crippen molar-refractivity contribution in [1.29, 1.82) is 0 Å². The van der Waals surface area contributed by atoms with Crippen molar-refractivity contribution in [1.82, 2.24) is 4.72 Å². The highest BCUT2D eigenvalue weighted by Crippen LogP contribution is 2.38. The summed E-state index contributed by atoms with van der Waals surface area (Å²) in [6.07, 6.45) is 2.65. The Labute approximate surface area is 124 Å². The molecule has 0 aromatic heterocycles. The van der Waals surface area contributed by atoms with Crippen LogP contribution in [0.15, 0.2) is 29.2 Å². The van der Waals surface area contributed by atoms with Gasteiger partial charge in [-0.2, -0.15) is 0 Å². The van der Waals surface area contributed by atoms with Crippen LogP contribution in [0.25, 0.3) is 0 Å². The molecule has 1 saturated carbocycles. The standard InChI is InChI=1S/C14H19NO5S/c1-20-11-4-6-12(7-5-11)21(18,19)15-10-14(13(16)17)8-2-3-9-14/h4-7,15H,2-3,8-10H2,1H3,(H,16,17). The van der Waals surface area contributed by atoms with E-state index < -0.39 is 21.4 Å². The summed E-state index contributed by atoms with van der Waals surface area (Å²) in [5, 5.41) is 9.35. The lowest BCUT2D eigenvalue weighted by atomic mass is 9.87. The Bertz CT molecular complexity index is 603. The molecule has 0 heterocycles. The van der Waals surface area contributed by atoms with Crippen LogP contribution in [-0.4, -0.2) is 33.1 Å². The van der Waals surface area contributed by atoms with Gasteiger partial charge >= 0.3 is 5.97 Å². The van der Waals surface area contributed by atoms with Gasteiger partial charge in [0.15, 0.2) is 0 Å². The molecule has 1 aliphatic carbocycles. The van der Waals surface area contributed by atoms with Crippen molar-refractivity contribution < 1.29 is 23.1 Å². The van der Waals surface area contributed by atoms with E-state index >= 15 is 0 Å². The summed E-state index contributed by atoms with van der Waals surface area (Å²) in [5.41, 5.74) is -0.973. The summed E-state index contributed by atoms with van der Waals surface area (Å²) in [6, 6.07) is 5.97. The number of nitrogens with one attached hydrogen (secondary N) is 1. The molecule has 0 spiro atoms. The average Bonchev–Trinajstić information content (AvgIpc) is 2.96. The van der Waals surface area contributed by atoms with Crippen LogP contribution in [0.2, 0.25) is 0 Å². The number of ether oxygens (including phenoxy) is 1. The zero-order chi connectivity index (χ0) is 15.5. The van der Waals surface area contributed by atoms with E-state index in [4.69, 9.17) is 4.74 Å². The second-order valence-corrected chi connectivity index (χ2v) is 7.06. The number of carbonyl (C=O) groups is 1. The summed E-state index contributed by atoms with van der Waals surface area (Å²) in [5.74, 6) is -0.371. The fraction of sp³-hybridized carbons (Fsp3) is 0.500. The fourth-order valence-corrected chi connectivity index (χ4v) is 3.72. The monoisotopic (exact) mass is 313 g/mol. The Kier molecular flexibility index (Phi) is 4.53. The highest BCUT2D eigenvalue weighted by molar-refractivity contribution is 7.89. The van der Waals surface area contributed by atoms with Crippen LogP contribution in [-0.2, 0) is 14.8 Å². The van der Waals surface area contributed by atoms with Crippen LogP contribution < -0.4 is 9.46 Å². The molecular formula is C14H19NO5S. The maximum absolute atomic E-state index is 12.2. The normalized spacial score (nSPS) is 17.6. The molecule has 0 bridgehead atoms. The smallest absolute Gasteiger partial charge is 0.310 e. The zero-order valence-electron chi connectivity index (χ0n) is 11.8. The molecule has 0 atom stereocenters. The number of methoxy groups -OCH3 is 1. The molecule has 0 unspecified atom stereocenters. The molecule has 1 aliphatic rings. The number of hydrogen-bond donors (Lipinski definition) is 2. The van der Waals surface area contributed by atoms with Gasteiger partial charge in [-0.25, -0.2) is 13.1 Å². The number of carboxylic acids is 1. The van der Waals surface area contributed by atoms with Crippen LogP contribution in [0.1, 0.15) is 25.7 Å². The fourth-order valence-electron chi connectivity index (χ4n) is 2.59. The number of carboxylic acid groups (broad SMARTS) is 1. The molecule has 7 heteroatoms. The van der Waals surface area contributed by atoms with Gasteiger partial charge < -0.3 is 9.84 Å². The van der Waals surface area contributed by atoms with Crippen LogP contribution in [0.5, 0.6) is 5.75 Å². The molecule has 0 amide bonds. The van der Waals surface area contributed by atoms with Crippen LogP contribution >= 0.6 is 0 Å². The Balaban J connectivity index is 2.11. The largest absolute Gasteiger partial charge is 0.497 e. The maximum atomic E-state index is 12.2. The minimum Gasteiger partial charge on any atom is -0.497 e.